The second-order valence-corrected chi connectivity index (χ2v) is 6.12. The van der Waals surface area contributed by atoms with E-state index in [9.17, 15) is 0 Å². The fourth-order valence-corrected chi connectivity index (χ4v) is 2.14. The maximum absolute atomic E-state index is 5.54. The number of benzene rings is 1. The Morgan fingerprint density at radius 2 is 2.00 bits per heavy atom. The van der Waals surface area contributed by atoms with Gasteiger partial charge in [-0.1, -0.05) is 20.8 Å². The van der Waals surface area contributed by atoms with Gasteiger partial charge in [-0.25, -0.2) is 0 Å². The van der Waals surface area contributed by atoms with Crippen LogP contribution in [0.15, 0.2) is 29.3 Å². The van der Waals surface area contributed by atoms with Gasteiger partial charge in [0.15, 0.2) is 5.90 Å². The molecule has 0 saturated heterocycles. The molecular formula is C16H24N2O2. The first-order chi connectivity index (χ1) is 9.49. The van der Waals surface area contributed by atoms with Crippen molar-refractivity contribution >= 4 is 11.6 Å². The van der Waals surface area contributed by atoms with Gasteiger partial charge in [-0.2, -0.15) is 0 Å². The van der Waals surface area contributed by atoms with Crippen LogP contribution in [0, 0.1) is 5.41 Å². The first kappa shape index (κ1) is 14.7. The lowest BCUT2D eigenvalue weighted by atomic mass is 9.84. The summed E-state index contributed by atoms with van der Waals surface area (Å²) in [7, 11) is 1.68. The van der Waals surface area contributed by atoms with Crippen molar-refractivity contribution in [3.63, 3.8) is 0 Å². The Hall–Kier alpha value is -1.71. The van der Waals surface area contributed by atoms with Gasteiger partial charge in [-0.3, -0.25) is 4.99 Å². The predicted molar refractivity (Wildman–Crippen MR) is 82.7 cm³/mol. The Morgan fingerprint density at radius 1 is 1.30 bits per heavy atom. The molecule has 1 aromatic carbocycles. The molecule has 0 aliphatic carbocycles. The molecule has 110 valence electrons. The second kappa shape index (κ2) is 6.16. The summed E-state index contributed by atoms with van der Waals surface area (Å²) in [5.74, 6) is 1.73. The summed E-state index contributed by atoms with van der Waals surface area (Å²) in [5.41, 5.74) is 1.21. The molecule has 4 nitrogen and oxygen atoms in total. The van der Waals surface area contributed by atoms with Crippen LogP contribution >= 0.6 is 0 Å². The number of rotatable bonds is 5. The number of ether oxygens (including phenoxy) is 2. The fraction of sp³-hybridized carbons (Fsp3) is 0.562. The average Bonchev–Trinajstić information content (AvgIpc) is 2.91. The Morgan fingerprint density at radius 3 is 2.50 bits per heavy atom. The van der Waals surface area contributed by atoms with Crippen molar-refractivity contribution in [2.45, 2.75) is 33.2 Å². The van der Waals surface area contributed by atoms with Crippen LogP contribution in [0.25, 0.3) is 0 Å². The molecule has 1 N–H and O–H groups in total. The van der Waals surface area contributed by atoms with E-state index in [4.69, 9.17) is 9.47 Å². The van der Waals surface area contributed by atoms with Crippen LogP contribution in [-0.4, -0.2) is 32.2 Å². The van der Waals surface area contributed by atoms with Gasteiger partial charge in [0.25, 0.3) is 0 Å². The van der Waals surface area contributed by atoms with Gasteiger partial charge in [0.1, 0.15) is 12.4 Å². The highest BCUT2D eigenvalue weighted by atomic mass is 16.5. The van der Waals surface area contributed by atoms with E-state index in [2.05, 4.69) is 31.1 Å². The summed E-state index contributed by atoms with van der Waals surface area (Å²) < 4.78 is 10.7. The molecule has 1 aromatic rings. The Balaban J connectivity index is 2.06. The number of hydrogen-bond acceptors (Lipinski definition) is 4. The van der Waals surface area contributed by atoms with E-state index in [0.29, 0.717) is 6.61 Å². The van der Waals surface area contributed by atoms with E-state index in [1.165, 1.54) is 0 Å². The van der Waals surface area contributed by atoms with Crippen molar-refractivity contribution in [3.8, 4) is 5.75 Å². The van der Waals surface area contributed by atoms with Crippen molar-refractivity contribution in [3.05, 3.63) is 24.3 Å². The minimum atomic E-state index is 0.119. The molecule has 1 heterocycles. The van der Waals surface area contributed by atoms with Crippen molar-refractivity contribution in [1.82, 2.24) is 0 Å². The highest BCUT2D eigenvalue weighted by Crippen LogP contribution is 2.27. The third kappa shape index (κ3) is 3.89. The maximum atomic E-state index is 5.54. The van der Waals surface area contributed by atoms with Crippen molar-refractivity contribution < 1.29 is 9.47 Å². The van der Waals surface area contributed by atoms with Crippen LogP contribution in [-0.2, 0) is 4.74 Å². The third-order valence-corrected chi connectivity index (χ3v) is 3.50. The maximum Gasteiger partial charge on any atom is 0.185 e. The number of nitrogens with zero attached hydrogens (tertiary/aromatic N) is 1. The van der Waals surface area contributed by atoms with Gasteiger partial charge < -0.3 is 14.8 Å². The van der Waals surface area contributed by atoms with E-state index in [0.717, 1.165) is 30.3 Å². The predicted octanol–water partition coefficient (Wildman–Crippen LogP) is 3.34. The molecule has 0 spiro atoms. The molecule has 0 fully saturated rings. The molecule has 1 atom stereocenters. The Bertz CT molecular complexity index is 460. The lowest BCUT2D eigenvalue weighted by Gasteiger charge is -2.32. The van der Waals surface area contributed by atoms with Crippen LogP contribution in [0.3, 0.4) is 0 Å². The van der Waals surface area contributed by atoms with Crippen LogP contribution < -0.4 is 10.1 Å². The Labute approximate surface area is 121 Å². The first-order valence-electron chi connectivity index (χ1n) is 7.06. The van der Waals surface area contributed by atoms with E-state index >= 15 is 0 Å². The van der Waals surface area contributed by atoms with Gasteiger partial charge in [0.05, 0.1) is 13.7 Å². The number of hydrogen-bond donors (Lipinski definition) is 1. The quantitative estimate of drug-likeness (QED) is 0.897. The van der Waals surface area contributed by atoms with Gasteiger partial charge in [-0.15, -0.1) is 0 Å². The summed E-state index contributed by atoms with van der Waals surface area (Å²) in [6, 6.07) is 8.27. The number of anilines is 1. The number of aliphatic imine (C=N–C) groups is 1. The van der Waals surface area contributed by atoms with E-state index < -0.39 is 0 Å². The summed E-state index contributed by atoms with van der Waals surface area (Å²) in [6.07, 6.45) is 0.815. The molecule has 20 heavy (non-hydrogen) atoms. The minimum Gasteiger partial charge on any atom is -0.497 e. The molecule has 0 radical (unpaired) electrons. The summed E-state index contributed by atoms with van der Waals surface area (Å²) in [5, 5.41) is 3.58. The third-order valence-electron chi connectivity index (χ3n) is 3.50. The first-order valence-corrected chi connectivity index (χ1v) is 7.06. The molecule has 1 aliphatic heterocycles. The molecule has 1 aliphatic rings. The van der Waals surface area contributed by atoms with Gasteiger partial charge in [0, 0.05) is 18.2 Å². The summed E-state index contributed by atoms with van der Waals surface area (Å²) in [4.78, 5) is 4.39. The minimum absolute atomic E-state index is 0.119. The van der Waals surface area contributed by atoms with Gasteiger partial charge in [0.2, 0.25) is 0 Å². The lowest BCUT2D eigenvalue weighted by molar-refractivity contribution is 0.304. The molecule has 0 bridgehead atoms. The molecular weight excluding hydrogens is 252 g/mol. The smallest absolute Gasteiger partial charge is 0.185 e. The van der Waals surface area contributed by atoms with Crippen molar-refractivity contribution in [2.24, 2.45) is 10.4 Å². The molecule has 2 rings (SSSR count). The van der Waals surface area contributed by atoms with Crippen LogP contribution in [0.2, 0.25) is 0 Å². The average molecular weight is 276 g/mol. The number of methoxy groups -OCH3 is 1. The zero-order chi connectivity index (χ0) is 14.6. The van der Waals surface area contributed by atoms with Crippen LogP contribution in [0.5, 0.6) is 5.75 Å². The SMILES string of the molecule is COc1ccc(N[C@@H](CC2=NCCO2)C(C)(C)C)cc1. The molecule has 0 saturated carbocycles. The molecule has 0 amide bonds. The monoisotopic (exact) mass is 276 g/mol. The number of nitrogens with one attached hydrogen (secondary N) is 1. The summed E-state index contributed by atoms with van der Waals surface area (Å²) in [6.45, 7) is 8.18. The van der Waals surface area contributed by atoms with Crippen LogP contribution in [0.1, 0.15) is 27.2 Å². The zero-order valence-corrected chi connectivity index (χ0v) is 12.8. The second-order valence-electron chi connectivity index (χ2n) is 6.12. The summed E-state index contributed by atoms with van der Waals surface area (Å²) >= 11 is 0. The highest BCUT2D eigenvalue weighted by Gasteiger charge is 2.27. The Kier molecular flexibility index (Phi) is 4.53. The molecule has 0 aromatic heterocycles. The van der Waals surface area contributed by atoms with E-state index in [-0.39, 0.29) is 11.5 Å². The highest BCUT2D eigenvalue weighted by molar-refractivity contribution is 5.78. The van der Waals surface area contributed by atoms with Crippen molar-refractivity contribution in [2.75, 3.05) is 25.6 Å². The van der Waals surface area contributed by atoms with E-state index in [1.54, 1.807) is 7.11 Å². The van der Waals surface area contributed by atoms with Crippen LogP contribution in [0.4, 0.5) is 5.69 Å². The molecule has 4 heteroatoms. The molecule has 0 unspecified atom stereocenters. The topological polar surface area (TPSA) is 42.8 Å². The standard InChI is InChI=1S/C16H24N2O2/c1-16(2,3)14(11-15-17-9-10-20-15)18-12-5-7-13(19-4)8-6-12/h5-8,14,18H,9-11H2,1-4H3/t14-/m0/s1. The fourth-order valence-electron chi connectivity index (χ4n) is 2.14. The van der Waals surface area contributed by atoms with Gasteiger partial charge in [-0.05, 0) is 29.7 Å². The van der Waals surface area contributed by atoms with Crippen molar-refractivity contribution in [1.29, 1.82) is 0 Å². The van der Waals surface area contributed by atoms with Gasteiger partial charge >= 0.3 is 0 Å². The zero-order valence-electron chi connectivity index (χ0n) is 12.8. The lowest BCUT2D eigenvalue weighted by Crippen LogP contribution is -2.36. The normalized spacial score (nSPS) is 16.3. The van der Waals surface area contributed by atoms with E-state index in [1.807, 2.05) is 24.3 Å². The largest absolute Gasteiger partial charge is 0.497 e.